The predicted molar refractivity (Wildman–Crippen MR) is 136 cm³/mol. The van der Waals surface area contributed by atoms with Gasteiger partial charge in [0.05, 0.1) is 11.1 Å². The molecule has 0 aliphatic carbocycles. The second-order valence-corrected chi connectivity index (χ2v) is 9.90. The van der Waals surface area contributed by atoms with Gasteiger partial charge in [-0.15, -0.1) is 0 Å². The van der Waals surface area contributed by atoms with E-state index < -0.39 is 10.0 Å². The molecule has 170 valence electrons. The largest absolute Gasteiger partial charge is 0.361 e. The van der Waals surface area contributed by atoms with Crippen LogP contribution in [0.15, 0.2) is 58.7 Å². The number of nitrogens with zero attached hydrogens (tertiary/aromatic N) is 2. The van der Waals surface area contributed by atoms with Crippen LogP contribution in [0.5, 0.6) is 0 Å². The van der Waals surface area contributed by atoms with Crippen LogP contribution in [0.1, 0.15) is 37.8 Å². The molecule has 0 atom stereocenters. The quantitative estimate of drug-likeness (QED) is 0.241. The number of aromatic amines is 1. The van der Waals surface area contributed by atoms with Gasteiger partial charge in [0.15, 0.2) is 5.11 Å². The zero-order valence-electron chi connectivity index (χ0n) is 18.6. The van der Waals surface area contributed by atoms with E-state index in [2.05, 4.69) is 20.8 Å². The lowest BCUT2D eigenvalue weighted by atomic mass is 10.2. The summed E-state index contributed by atoms with van der Waals surface area (Å²) in [6.45, 7) is 6.98. The fourth-order valence-corrected chi connectivity index (χ4v) is 5.25. The molecule has 0 aliphatic rings. The first-order chi connectivity index (χ1) is 15.3. The number of fused-ring (bicyclic) bond motifs is 1. The third-order valence-corrected chi connectivity index (χ3v) is 7.00. The fraction of sp³-hybridized carbons (Fsp3) is 0.304. The van der Waals surface area contributed by atoms with E-state index in [4.69, 9.17) is 12.2 Å². The zero-order valence-corrected chi connectivity index (χ0v) is 20.2. The van der Waals surface area contributed by atoms with Crippen LogP contribution in [0.25, 0.3) is 10.9 Å². The Balaban J connectivity index is 1.77. The smallest absolute Gasteiger partial charge is 0.243 e. The molecule has 0 fully saturated rings. The lowest BCUT2D eigenvalue weighted by molar-refractivity contribution is 0.410. The molecule has 0 radical (unpaired) electrons. The number of nitrogens with one attached hydrogen (secondary N) is 3. The Bertz CT molecular complexity index is 1210. The Hall–Kier alpha value is -2.75. The maximum Gasteiger partial charge on any atom is 0.243 e. The third-order valence-electron chi connectivity index (χ3n) is 4.91. The molecule has 1 aromatic heterocycles. The van der Waals surface area contributed by atoms with Crippen LogP contribution < -0.4 is 10.7 Å². The van der Waals surface area contributed by atoms with E-state index in [1.165, 1.54) is 0 Å². The third kappa shape index (κ3) is 5.73. The molecule has 1 heterocycles. The van der Waals surface area contributed by atoms with Crippen LogP contribution in [0.4, 0.5) is 5.69 Å². The van der Waals surface area contributed by atoms with Crippen molar-refractivity contribution in [3.63, 3.8) is 0 Å². The molecule has 0 amide bonds. The SMILES string of the molecule is CCCN(CCC)S(=O)(=O)c1ccc2[nH]cc(/C=N\NC(=S)Nc3cccc(C)c3)c2c1. The second-order valence-electron chi connectivity index (χ2n) is 7.55. The van der Waals surface area contributed by atoms with Gasteiger partial charge in [0.1, 0.15) is 0 Å². The molecular formula is C23H29N5O2S2. The summed E-state index contributed by atoms with van der Waals surface area (Å²) >= 11 is 5.29. The molecule has 32 heavy (non-hydrogen) atoms. The Labute approximate surface area is 195 Å². The Morgan fingerprint density at radius 3 is 2.59 bits per heavy atom. The average Bonchev–Trinajstić information content (AvgIpc) is 3.16. The van der Waals surface area contributed by atoms with Crippen LogP contribution in [0.2, 0.25) is 0 Å². The Morgan fingerprint density at radius 2 is 1.91 bits per heavy atom. The molecule has 0 saturated carbocycles. The van der Waals surface area contributed by atoms with Gasteiger partial charge in [0, 0.05) is 41.4 Å². The van der Waals surface area contributed by atoms with Crippen molar-refractivity contribution in [2.24, 2.45) is 5.10 Å². The first-order valence-electron chi connectivity index (χ1n) is 10.6. The summed E-state index contributed by atoms with van der Waals surface area (Å²) in [6, 6.07) is 13.0. The topological polar surface area (TPSA) is 89.6 Å². The molecule has 3 N–H and O–H groups in total. The first kappa shape index (κ1) is 23.9. The summed E-state index contributed by atoms with van der Waals surface area (Å²) in [6.07, 6.45) is 4.95. The van der Waals surface area contributed by atoms with Crippen LogP contribution in [-0.2, 0) is 10.0 Å². The molecule has 3 rings (SSSR count). The molecule has 2 aromatic carbocycles. The van der Waals surface area contributed by atoms with Crippen molar-refractivity contribution in [1.29, 1.82) is 0 Å². The molecule has 0 saturated heterocycles. The fourth-order valence-electron chi connectivity index (χ4n) is 3.43. The highest BCUT2D eigenvalue weighted by Crippen LogP contribution is 2.24. The van der Waals surface area contributed by atoms with E-state index in [9.17, 15) is 8.42 Å². The van der Waals surface area contributed by atoms with Gasteiger partial charge in [-0.3, -0.25) is 5.43 Å². The first-order valence-corrected chi connectivity index (χ1v) is 12.5. The van der Waals surface area contributed by atoms with Crippen molar-refractivity contribution in [2.45, 2.75) is 38.5 Å². The minimum atomic E-state index is -3.56. The summed E-state index contributed by atoms with van der Waals surface area (Å²) in [5.74, 6) is 0. The lowest BCUT2D eigenvalue weighted by Crippen LogP contribution is -2.32. The molecule has 0 bridgehead atoms. The van der Waals surface area contributed by atoms with Crippen LogP contribution in [-0.4, -0.2) is 42.1 Å². The van der Waals surface area contributed by atoms with Crippen LogP contribution >= 0.6 is 12.2 Å². The van der Waals surface area contributed by atoms with Crippen LogP contribution in [0.3, 0.4) is 0 Å². The number of H-pyrrole nitrogens is 1. The summed E-state index contributed by atoms with van der Waals surface area (Å²) in [4.78, 5) is 3.44. The molecule has 9 heteroatoms. The maximum atomic E-state index is 13.1. The standard InChI is InChI=1S/C23H29N5O2S2/c1-4-11-28(12-5-2)32(29,30)20-9-10-22-21(14-20)18(15-24-22)16-25-27-23(31)26-19-8-6-7-17(3)13-19/h6-10,13-16,24H,4-5,11-12H2,1-3H3,(H2,26,27,31)/b25-16-. The number of aryl methyl sites for hydroxylation is 1. The summed E-state index contributed by atoms with van der Waals surface area (Å²) < 4.78 is 27.8. The van der Waals surface area contributed by atoms with Gasteiger partial charge in [-0.2, -0.15) is 9.41 Å². The Morgan fingerprint density at radius 1 is 1.16 bits per heavy atom. The summed E-state index contributed by atoms with van der Waals surface area (Å²) in [5, 5.41) is 8.43. The molecule has 0 unspecified atom stereocenters. The lowest BCUT2D eigenvalue weighted by Gasteiger charge is -2.21. The normalized spacial score (nSPS) is 12.0. The Kier molecular flexibility index (Phi) is 8.00. The zero-order chi connectivity index (χ0) is 23.1. The van der Waals surface area contributed by atoms with Gasteiger partial charge < -0.3 is 10.3 Å². The van der Waals surface area contributed by atoms with Crippen molar-refractivity contribution >= 4 is 50.2 Å². The highest BCUT2D eigenvalue weighted by atomic mass is 32.2. The highest BCUT2D eigenvalue weighted by Gasteiger charge is 2.23. The van der Waals surface area contributed by atoms with Gasteiger partial charge in [-0.25, -0.2) is 8.42 Å². The van der Waals surface area contributed by atoms with Gasteiger partial charge >= 0.3 is 0 Å². The van der Waals surface area contributed by atoms with E-state index in [-0.39, 0.29) is 4.90 Å². The van der Waals surface area contributed by atoms with E-state index in [0.717, 1.165) is 40.6 Å². The van der Waals surface area contributed by atoms with E-state index in [1.807, 2.05) is 45.0 Å². The van der Waals surface area contributed by atoms with Crippen molar-refractivity contribution in [3.8, 4) is 0 Å². The van der Waals surface area contributed by atoms with Crippen molar-refractivity contribution in [2.75, 3.05) is 18.4 Å². The molecule has 3 aromatic rings. The number of benzene rings is 2. The van der Waals surface area contributed by atoms with Gasteiger partial charge in [-0.1, -0.05) is 26.0 Å². The summed E-state index contributed by atoms with van der Waals surface area (Å²) in [7, 11) is -3.56. The number of hydrazone groups is 1. The average molecular weight is 472 g/mol. The van der Waals surface area contributed by atoms with Gasteiger partial charge in [0.25, 0.3) is 0 Å². The minimum Gasteiger partial charge on any atom is -0.361 e. The number of aromatic nitrogens is 1. The number of anilines is 1. The number of thiocarbonyl (C=S) groups is 1. The number of sulfonamides is 1. The monoisotopic (exact) mass is 471 g/mol. The predicted octanol–water partition coefficient (Wildman–Crippen LogP) is 4.61. The van der Waals surface area contributed by atoms with Crippen molar-refractivity contribution in [3.05, 3.63) is 59.8 Å². The maximum absolute atomic E-state index is 13.1. The van der Waals surface area contributed by atoms with Crippen molar-refractivity contribution in [1.82, 2.24) is 14.7 Å². The van der Waals surface area contributed by atoms with E-state index >= 15 is 0 Å². The van der Waals surface area contributed by atoms with Gasteiger partial charge in [0.2, 0.25) is 10.0 Å². The van der Waals surface area contributed by atoms with Gasteiger partial charge in [-0.05, 0) is 67.9 Å². The van der Waals surface area contributed by atoms with E-state index in [0.29, 0.717) is 18.2 Å². The number of rotatable bonds is 9. The number of hydrogen-bond donors (Lipinski definition) is 3. The van der Waals surface area contributed by atoms with Crippen molar-refractivity contribution < 1.29 is 8.42 Å². The molecule has 7 nitrogen and oxygen atoms in total. The van der Waals surface area contributed by atoms with Crippen LogP contribution in [0, 0.1) is 6.92 Å². The van der Waals surface area contributed by atoms with E-state index in [1.54, 1.807) is 34.9 Å². The summed E-state index contributed by atoms with van der Waals surface area (Å²) in [5.41, 5.74) is 6.41. The number of hydrogen-bond acceptors (Lipinski definition) is 4. The molecule has 0 aliphatic heterocycles. The minimum absolute atomic E-state index is 0.283. The second kappa shape index (κ2) is 10.7. The molecule has 0 spiro atoms. The highest BCUT2D eigenvalue weighted by molar-refractivity contribution is 7.89. The molecular weight excluding hydrogens is 442 g/mol.